The van der Waals surface area contributed by atoms with Gasteiger partial charge < -0.3 is 19.7 Å². The molecule has 0 unspecified atom stereocenters. The number of rotatable bonds is 6. The highest BCUT2D eigenvalue weighted by atomic mass is 16.5. The number of hydrogen-bond acceptors (Lipinski definition) is 5. The molecule has 0 aliphatic carbocycles. The van der Waals surface area contributed by atoms with Gasteiger partial charge in [0.15, 0.2) is 0 Å². The molecule has 0 bridgehead atoms. The molecule has 1 N–H and O–H groups in total. The molecule has 1 saturated heterocycles. The van der Waals surface area contributed by atoms with Crippen LogP contribution in [0.4, 0.5) is 11.4 Å². The van der Waals surface area contributed by atoms with Gasteiger partial charge in [-0.25, -0.2) is 0 Å². The van der Waals surface area contributed by atoms with Crippen molar-refractivity contribution in [3.8, 4) is 5.75 Å². The van der Waals surface area contributed by atoms with Gasteiger partial charge in [-0.3, -0.25) is 9.78 Å². The van der Waals surface area contributed by atoms with Crippen LogP contribution in [0.1, 0.15) is 21.5 Å². The molecule has 0 radical (unpaired) electrons. The highest BCUT2D eigenvalue weighted by molar-refractivity contribution is 6.05. The number of benzene rings is 2. The van der Waals surface area contributed by atoms with Crippen molar-refractivity contribution in [3.05, 3.63) is 83.7 Å². The molecule has 4 rings (SSSR count). The molecule has 0 spiro atoms. The van der Waals surface area contributed by atoms with E-state index in [1.54, 1.807) is 24.5 Å². The summed E-state index contributed by atoms with van der Waals surface area (Å²) in [7, 11) is 0. The maximum atomic E-state index is 12.8. The van der Waals surface area contributed by atoms with Crippen LogP contribution in [-0.4, -0.2) is 37.2 Å². The molecule has 1 aliphatic rings. The first-order valence-electron chi connectivity index (χ1n) is 10.1. The molecule has 6 heteroatoms. The predicted molar refractivity (Wildman–Crippen MR) is 117 cm³/mol. The predicted octanol–water partition coefficient (Wildman–Crippen LogP) is 4.06. The summed E-state index contributed by atoms with van der Waals surface area (Å²) in [5, 5.41) is 3.01. The van der Waals surface area contributed by atoms with Gasteiger partial charge in [0.25, 0.3) is 5.91 Å². The number of amides is 1. The topological polar surface area (TPSA) is 63.7 Å². The summed E-state index contributed by atoms with van der Waals surface area (Å²) in [4.78, 5) is 19.2. The number of carbonyl (C=O) groups excluding carboxylic acids is 1. The number of nitrogens with zero attached hydrogens (tertiary/aromatic N) is 2. The molecule has 3 aromatic rings. The lowest BCUT2D eigenvalue weighted by atomic mass is 10.1. The van der Waals surface area contributed by atoms with Gasteiger partial charge in [-0.2, -0.15) is 0 Å². The molecule has 1 amide bonds. The lowest BCUT2D eigenvalue weighted by Crippen LogP contribution is -2.36. The van der Waals surface area contributed by atoms with Gasteiger partial charge in [0.05, 0.1) is 13.2 Å². The number of ether oxygens (including phenoxy) is 2. The van der Waals surface area contributed by atoms with E-state index in [-0.39, 0.29) is 5.91 Å². The average Bonchev–Trinajstić information content (AvgIpc) is 2.80. The SMILES string of the molecule is Cc1cc(N2CCOCC2)ccc1NC(=O)c1cccc(OCc2cccnc2)c1. The number of aryl methyl sites for hydroxylation is 1. The van der Waals surface area contributed by atoms with Crippen LogP contribution in [0.5, 0.6) is 5.75 Å². The van der Waals surface area contributed by atoms with Crippen molar-refractivity contribution in [2.24, 2.45) is 0 Å². The Morgan fingerprint density at radius 2 is 2.00 bits per heavy atom. The fraction of sp³-hybridized carbons (Fsp3) is 0.250. The number of morpholine rings is 1. The molecule has 2 aromatic carbocycles. The van der Waals surface area contributed by atoms with Crippen molar-refractivity contribution < 1.29 is 14.3 Å². The van der Waals surface area contributed by atoms with Crippen molar-refractivity contribution in [2.75, 3.05) is 36.5 Å². The Kier molecular flexibility index (Phi) is 6.25. The number of aromatic nitrogens is 1. The van der Waals surface area contributed by atoms with Gasteiger partial charge in [-0.05, 0) is 55.0 Å². The van der Waals surface area contributed by atoms with Crippen molar-refractivity contribution >= 4 is 17.3 Å². The highest BCUT2D eigenvalue weighted by Crippen LogP contribution is 2.24. The van der Waals surface area contributed by atoms with Crippen LogP contribution in [0.15, 0.2) is 67.0 Å². The van der Waals surface area contributed by atoms with E-state index in [4.69, 9.17) is 9.47 Å². The molecular weight excluding hydrogens is 378 g/mol. The van der Waals surface area contributed by atoms with Crippen LogP contribution >= 0.6 is 0 Å². The zero-order valence-corrected chi connectivity index (χ0v) is 17.0. The first-order valence-corrected chi connectivity index (χ1v) is 10.1. The van der Waals surface area contributed by atoms with Crippen LogP contribution in [-0.2, 0) is 11.3 Å². The van der Waals surface area contributed by atoms with Crippen molar-refractivity contribution in [2.45, 2.75) is 13.5 Å². The molecular formula is C24H25N3O3. The number of carbonyl (C=O) groups is 1. The molecule has 6 nitrogen and oxygen atoms in total. The second-order valence-corrected chi connectivity index (χ2v) is 7.23. The lowest BCUT2D eigenvalue weighted by Gasteiger charge is -2.29. The minimum Gasteiger partial charge on any atom is -0.489 e. The van der Waals surface area contributed by atoms with E-state index >= 15 is 0 Å². The number of pyridine rings is 1. The van der Waals surface area contributed by atoms with E-state index in [2.05, 4.69) is 21.3 Å². The van der Waals surface area contributed by atoms with Crippen LogP contribution < -0.4 is 15.0 Å². The molecule has 0 atom stereocenters. The third kappa shape index (κ3) is 4.96. The molecule has 30 heavy (non-hydrogen) atoms. The average molecular weight is 403 g/mol. The quantitative estimate of drug-likeness (QED) is 0.673. The summed E-state index contributed by atoms with van der Waals surface area (Å²) in [6, 6.07) is 17.1. The monoisotopic (exact) mass is 403 g/mol. The van der Waals surface area contributed by atoms with Crippen LogP contribution in [0.2, 0.25) is 0 Å². The summed E-state index contributed by atoms with van der Waals surface area (Å²) >= 11 is 0. The number of anilines is 2. The van der Waals surface area contributed by atoms with Gasteiger partial charge in [0.2, 0.25) is 0 Å². The summed E-state index contributed by atoms with van der Waals surface area (Å²) in [6.07, 6.45) is 3.49. The van der Waals surface area contributed by atoms with Crippen LogP contribution in [0, 0.1) is 6.92 Å². The molecule has 1 aromatic heterocycles. The zero-order chi connectivity index (χ0) is 20.8. The Hall–Kier alpha value is -3.38. The first-order chi connectivity index (χ1) is 14.7. The first kappa shape index (κ1) is 19.9. The summed E-state index contributed by atoms with van der Waals surface area (Å²) in [5.41, 5.74) is 4.51. The van der Waals surface area contributed by atoms with E-state index in [0.717, 1.165) is 48.8 Å². The Morgan fingerprint density at radius 1 is 1.13 bits per heavy atom. The maximum absolute atomic E-state index is 12.8. The second kappa shape index (κ2) is 9.41. The molecule has 2 heterocycles. The third-order valence-electron chi connectivity index (χ3n) is 5.06. The minimum atomic E-state index is -0.163. The van der Waals surface area contributed by atoms with Crippen LogP contribution in [0.25, 0.3) is 0 Å². The summed E-state index contributed by atoms with van der Waals surface area (Å²) in [5.74, 6) is 0.481. The van der Waals surface area contributed by atoms with Gasteiger partial charge >= 0.3 is 0 Å². The normalized spacial score (nSPS) is 13.7. The molecule has 0 saturated carbocycles. The Labute approximate surface area is 176 Å². The fourth-order valence-corrected chi connectivity index (χ4v) is 3.38. The van der Waals surface area contributed by atoms with E-state index in [1.165, 1.54) is 0 Å². The van der Waals surface area contributed by atoms with E-state index in [1.807, 2.05) is 43.3 Å². The minimum absolute atomic E-state index is 0.163. The zero-order valence-electron chi connectivity index (χ0n) is 17.0. The summed E-state index contributed by atoms with van der Waals surface area (Å²) in [6.45, 7) is 5.68. The van der Waals surface area contributed by atoms with E-state index < -0.39 is 0 Å². The third-order valence-corrected chi connectivity index (χ3v) is 5.06. The van der Waals surface area contributed by atoms with Gasteiger partial charge in [-0.1, -0.05) is 12.1 Å². The second-order valence-electron chi connectivity index (χ2n) is 7.23. The molecule has 1 aliphatic heterocycles. The van der Waals surface area contributed by atoms with Crippen molar-refractivity contribution in [1.82, 2.24) is 4.98 Å². The van der Waals surface area contributed by atoms with Gasteiger partial charge in [0, 0.05) is 48.0 Å². The van der Waals surface area contributed by atoms with E-state index in [0.29, 0.717) is 17.9 Å². The van der Waals surface area contributed by atoms with E-state index in [9.17, 15) is 4.79 Å². The van der Waals surface area contributed by atoms with Gasteiger partial charge in [0.1, 0.15) is 12.4 Å². The maximum Gasteiger partial charge on any atom is 0.255 e. The standard InChI is InChI=1S/C24H25N3O3/c1-18-14-21(27-10-12-29-13-11-27)7-8-23(18)26-24(28)20-5-2-6-22(15-20)30-17-19-4-3-9-25-16-19/h2-9,14-16H,10-13,17H2,1H3,(H,26,28). The summed E-state index contributed by atoms with van der Waals surface area (Å²) < 4.78 is 11.2. The Bertz CT molecular complexity index is 1000. The lowest BCUT2D eigenvalue weighted by molar-refractivity contribution is 0.102. The van der Waals surface area contributed by atoms with Gasteiger partial charge in [-0.15, -0.1) is 0 Å². The highest BCUT2D eigenvalue weighted by Gasteiger charge is 2.14. The van der Waals surface area contributed by atoms with Crippen molar-refractivity contribution in [1.29, 1.82) is 0 Å². The Morgan fingerprint density at radius 3 is 2.77 bits per heavy atom. The van der Waals surface area contributed by atoms with Crippen molar-refractivity contribution in [3.63, 3.8) is 0 Å². The largest absolute Gasteiger partial charge is 0.489 e. The number of nitrogens with one attached hydrogen (secondary N) is 1. The van der Waals surface area contributed by atoms with Crippen LogP contribution in [0.3, 0.4) is 0 Å². The smallest absolute Gasteiger partial charge is 0.255 e. The fourth-order valence-electron chi connectivity index (χ4n) is 3.38. The Balaban J connectivity index is 1.41. The molecule has 1 fully saturated rings. The number of hydrogen-bond donors (Lipinski definition) is 1. The molecule has 154 valence electrons.